The van der Waals surface area contributed by atoms with E-state index in [1.54, 1.807) is 0 Å². The molecule has 0 aliphatic heterocycles. The van der Waals surface area contributed by atoms with E-state index in [-0.39, 0.29) is 40.8 Å². The van der Waals surface area contributed by atoms with Gasteiger partial charge in [-0.05, 0) is 12.1 Å². The van der Waals surface area contributed by atoms with Crippen LogP contribution in [0.2, 0.25) is 0 Å². The van der Waals surface area contributed by atoms with Crippen molar-refractivity contribution in [3.8, 4) is 0 Å². The van der Waals surface area contributed by atoms with Gasteiger partial charge in [0, 0.05) is 40.8 Å². The second-order valence-electron chi connectivity index (χ2n) is 2.54. The zero-order valence-corrected chi connectivity index (χ0v) is 10.9. The van der Waals surface area contributed by atoms with Crippen LogP contribution in [0.3, 0.4) is 0 Å². The first kappa shape index (κ1) is 14.9. The van der Waals surface area contributed by atoms with Crippen LogP contribution in [0.25, 0.3) is 0 Å². The van der Waals surface area contributed by atoms with Crippen LogP contribution in [0.5, 0.6) is 0 Å². The fourth-order valence-corrected chi connectivity index (χ4v) is 0.873. The Balaban J connectivity index is 0.00000225. The number of carbonyl (C=O) groups is 3. The van der Waals surface area contributed by atoms with Crippen LogP contribution in [0.4, 0.5) is 0 Å². The van der Waals surface area contributed by atoms with E-state index in [1.165, 1.54) is 0 Å². The van der Waals surface area contributed by atoms with E-state index >= 15 is 0 Å². The van der Waals surface area contributed by atoms with Crippen LogP contribution in [0.15, 0.2) is 12.1 Å². The molecule has 0 aliphatic carbocycles. The molecule has 0 aliphatic rings. The first-order valence-electron chi connectivity index (χ1n) is 3.64. The molecule has 1 heterocycles. The van der Waals surface area contributed by atoms with Crippen molar-refractivity contribution in [1.29, 1.82) is 0 Å². The van der Waals surface area contributed by atoms with Gasteiger partial charge in [0.1, 0.15) is 11.4 Å². The summed E-state index contributed by atoms with van der Waals surface area (Å²) in [7, 11) is 0. The van der Waals surface area contributed by atoms with E-state index in [9.17, 15) is 14.4 Å². The molecule has 0 saturated carbocycles. The molecular weight excluding hydrogens is 350 g/mol. The maximum Gasteiger partial charge on any atom is 0.354 e. The third kappa shape index (κ3) is 3.49. The summed E-state index contributed by atoms with van der Waals surface area (Å²) >= 11 is 0. The van der Waals surface area contributed by atoms with Gasteiger partial charge in [0.25, 0.3) is 0 Å². The van der Waals surface area contributed by atoms with Crippen molar-refractivity contribution in [1.82, 2.24) is 4.98 Å². The average Bonchev–Trinajstić information content (AvgIpc) is 2.16. The van der Waals surface area contributed by atoms with Gasteiger partial charge < -0.3 is 15.3 Å². The summed E-state index contributed by atoms with van der Waals surface area (Å²) in [6.45, 7) is 0. The molecule has 8 heteroatoms. The molecule has 0 atom stereocenters. The molecule has 1 rings (SSSR count). The number of carboxylic acid groups (broad SMARTS) is 3. The average molecular weight is 355 g/mol. The molecule has 0 saturated heterocycles. The van der Waals surface area contributed by atoms with E-state index in [0.29, 0.717) is 0 Å². The third-order valence-corrected chi connectivity index (χ3v) is 1.51. The Labute approximate surface area is 122 Å². The molecule has 0 amide bonds. The monoisotopic (exact) mass is 353 g/mol. The van der Waals surface area contributed by atoms with Crippen molar-refractivity contribution in [2.75, 3.05) is 0 Å². The van der Waals surface area contributed by atoms with Crippen molar-refractivity contribution in [2.45, 2.75) is 0 Å². The Morgan fingerprint density at radius 3 is 1.50 bits per heavy atom. The maximum absolute atomic E-state index is 10.5. The van der Waals surface area contributed by atoms with Crippen LogP contribution in [0, 0.1) is 40.8 Å². The summed E-state index contributed by atoms with van der Waals surface area (Å²) in [4.78, 5) is 34.8. The van der Waals surface area contributed by atoms with Gasteiger partial charge in [0.15, 0.2) is 0 Å². The van der Waals surface area contributed by atoms with Crippen molar-refractivity contribution in [3.05, 3.63) is 29.1 Å². The smallest absolute Gasteiger partial charge is 0.354 e. The first-order valence-corrected chi connectivity index (χ1v) is 3.64. The Morgan fingerprint density at radius 1 is 0.875 bits per heavy atom. The number of hydrogen-bond donors (Lipinski definition) is 3. The Kier molecular flexibility index (Phi) is 5.45. The van der Waals surface area contributed by atoms with Crippen molar-refractivity contribution in [3.63, 3.8) is 0 Å². The van der Waals surface area contributed by atoms with Gasteiger partial charge in [-0.25, -0.2) is 19.4 Å². The minimum atomic E-state index is -1.49. The largest absolute Gasteiger partial charge is 0.478 e. The van der Waals surface area contributed by atoms with Crippen LogP contribution in [0.1, 0.15) is 31.3 Å². The molecular formula is C8H5NNdO6. The summed E-state index contributed by atoms with van der Waals surface area (Å²) in [5, 5.41) is 25.7. The van der Waals surface area contributed by atoms with Crippen LogP contribution < -0.4 is 0 Å². The third-order valence-electron chi connectivity index (χ3n) is 1.51. The SMILES string of the molecule is O=C(O)c1cc(C(=O)O)nc(C(=O)O)c1.[Nd]. The summed E-state index contributed by atoms with van der Waals surface area (Å²) < 4.78 is 0. The molecule has 0 aromatic carbocycles. The first-order chi connectivity index (χ1) is 6.91. The number of nitrogens with zero attached hydrogens (tertiary/aromatic N) is 1. The molecule has 0 fully saturated rings. The summed E-state index contributed by atoms with van der Waals surface area (Å²) in [5.41, 5.74) is -1.67. The predicted molar refractivity (Wildman–Crippen MR) is 45.1 cm³/mol. The molecule has 7 nitrogen and oxygen atoms in total. The van der Waals surface area contributed by atoms with Gasteiger partial charge in [-0.2, -0.15) is 0 Å². The number of aromatic carboxylic acids is 3. The van der Waals surface area contributed by atoms with Crippen LogP contribution in [-0.4, -0.2) is 38.2 Å². The zero-order valence-electron chi connectivity index (χ0n) is 7.67. The van der Waals surface area contributed by atoms with Gasteiger partial charge in [-0.1, -0.05) is 0 Å². The van der Waals surface area contributed by atoms with E-state index < -0.39 is 34.9 Å². The number of pyridine rings is 1. The molecule has 0 radical (unpaired) electrons. The summed E-state index contributed by atoms with van der Waals surface area (Å²) in [5.74, 6) is -4.39. The van der Waals surface area contributed by atoms with Gasteiger partial charge in [-0.15, -0.1) is 0 Å². The molecule has 16 heavy (non-hydrogen) atoms. The Bertz CT molecular complexity index is 379. The molecule has 3 N–H and O–H groups in total. The minimum absolute atomic E-state index is 0. The molecule has 0 bridgehead atoms. The standard InChI is InChI=1S/C8H5NO6.Nd/c10-6(11)3-1-4(7(12)13)9-5(2-3)8(14)15;/h1-2H,(H,10,11)(H,12,13)(H,14,15);. The van der Waals surface area contributed by atoms with Gasteiger partial charge >= 0.3 is 17.9 Å². The number of aromatic nitrogens is 1. The van der Waals surface area contributed by atoms with Crippen molar-refractivity contribution >= 4 is 17.9 Å². The van der Waals surface area contributed by atoms with Gasteiger partial charge in [0.2, 0.25) is 0 Å². The zero-order chi connectivity index (χ0) is 11.6. The minimum Gasteiger partial charge on any atom is -0.478 e. The van der Waals surface area contributed by atoms with Crippen molar-refractivity contribution in [2.24, 2.45) is 0 Å². The molecule has 1 aromatic rings. The van der Waals surface area contributed by atoms with E-state index in [0.717, 1.165) is 12.1 Å². The molecule has 1 aromatic heterocycles. The number of rotatable bonds is 3. The predicted octanol–water partition coefficient (Wildman–Crippen LogP) is 0.176. The second-order valence-corrected chi connectivity index (χ2v) is 2.54. The van der Waals surface area contributed by atoms with E-state index in [2.05, 4.69) is 4.98 Å². The van der Waals surface area contributed by atoms with E-state index in [1.807, 2.05) is 0 Å². The number of hydrogen-bond acceptors (Lipinski definition) is 4. The molecule has 0 spiro atoms. The van der Waals surface area contributed by atoms with Gasteiger partial charge in [-0.3, -0.25) is 0 Å². The fourth-order valence-electron chi connectivity index (χ4n) is 0.873. The summed E-state index contributed by atoms with van der Waals surface area (Å²) in [6.07, 6.45) is 0. The maximum atomic E-state index is 10.5. The summed E-state index contributed by atoms with van der Waals surface area (Å²) in [6, 6.07) is 1.58. The van der Waals surface area contributed by atoms with Crippen molar-refractivity contribution < 1.29 is 70.5 Å². The van der Waals surface area contributed by atoms with Crippen LogP contribution >= 0.6 is 0 Å². The molecule has 0 unspecified atom stereocenters. The second kappa shape index (κ2) is 5.85. The normalized spacial score (nSPS) is 9.00. The topological polar surface area (TPSA) is 125 Å². The Morgan fingerprint density at radius 2 is 1.25 bits per heavy atom. The Hall–Kier alpha value is -1.09. The number of carboxylic acids is 3. The van der Waals surface area contributed by atoms with Gasteiger partial charge in [0.05, 0.1) is 5.56 Å². The fraction of sp³-hybridized carbons (Fsp3) is 0. The van der Waals surface area contributed by atoms with E-state index in [4.69, 9.17) is 15.3 Å². The molecule has 82 valence electrons. The quantitative estimate of drug-likeness (QED) is 0.706. The van der Waals surface area contributed by atoms with Crippen LogP contribution in [-0.2, 0) is 0 Å².